The number of aryl methyl sites for hydroxylation is 2. The van der Waals surface area contributed by atoms with Gasteiger partial charge in [0.05, 0.1) is 46.7 Å². The molecular weight excluding hydrogens is 855 g/mol. The van der Waals surface area contributed by atoms with Gasteiger partial charge < -0.3 is 41.2 Å². The molecule has 2 N–H and O–H groups in total. The number of para-hydroxylation sites is 6. The zero-order chi connectivity index (χ0) is 40.0. The Hall–Kier alpha value is -6.27. The van der Waals surface area contributed by atoms with Gasteiger partial charge >= 0.3 is 26.2 Å². The van der Waals surface area contributed by atoms with Gasteiger partial charge in [0.1, 0.15) is 23.0 Å². The van der Waals surface area contributed by atoms with Crippen molar-refractivity contribution in [3.05, 3.63) is 181 Å². The molecule has 0 aliphatic rings. The number of hydrogen-bond donors (Lipinski definition) is 2. The van der Waals surface area contributed by atoms with Crippen molar-refractivity contribution in [3.63, 3.8) is 0 Å². The standard InChI is InChI=1S/C53H42N2O4.ClH.Zr/c1-34-30-42(52(56)48(32-34)54-44-22-9-3-16-36(44)37-17-4-10-23-45(37)54)40-20-7-13-26-50(40)58-28-15-29-59-51-27-14-8-21-41(51)43-31-35(2)33-49(53(43)57)55-46-24-11-5-18-38(46)39-19-6-12-25-47(39)55;;/h3-14,16-27,30-33,56-57H,15,28-29H2,1-2H3;1H;/q;;+4/p-1. The van der Waals surface area contributed by atoms with E-state index in [9.17, 15) is 10.2 Å². The number of rotatable bonds is 10. The number of nitrogens with zero attached hydrogens (tertiary/aromatic N) is 2. The normalized spacial score (nSPS) is 11.2. The monoisotopic (exact) mass is 895 g/mol. The van der Waals surface area contributed by atoms with E-state index in [1.54, 1.807) is 0 Å². The molecule has 0 radical (unpaired) electrons. The van der Waals surface area contributed by atoms with E-state index in [0.29, 0.717) is 42.3 Å². The summed E-state index contributed by atoms with van der Waals surface area (Å²) in [6.45, 7) is 4.92. The van der Waals surface area contributed by atoms with E-state index in [0.717, 1.165) is 77.2 Å². The van der Waals surface area contributed by atoms with E-state index in [-0.39, 0.29) is 50.1 Å². The first-order chi connectivity index (χ1) is 29.0. The predicted octanol–water partition coefficient (Wildman–Crippen LogP) is 10.1. The molecule has 0 aliphatic carbocycles. The van der Waals surface area contributed by atoms with Gasteiger partial charge in [0, 0.05) is 50.2 Å². The second-order valence-electron chi connectivity index (χ2n) is 15.1. The van der Waals surface area contributed by atoms with Crippen LogP contribution in [-0.4, -0.2) is 32.6 Å². The van der Waals surface area contributed by atoms with Crippen LogP contribution < -0.4 is 21.9 Å². The van der Waals surface area contributed by atoms with Gasteiger partial charge in [-0.2, -0.15) is 0 Å². The van der Waals surface area contributed by atoms with Crippen LogP contribution in [0.15, 0.2) is 170 Å². The summed E-state index contributed by atoms with van der Waals surface area (Å²) in [5, 5.41) is 28.6. The molecule has 0 fully saturated rings. The third-order valence-electron chi connectivity index (χ3n) is 11.3. The summed E-state index contributed by atoms with van der Waals surface area (Å²) >= 11 is 0. The predicted molar refractivity (Wildman–Crippen MR) is 241 cm³/mol. The fraction of sp³-hybridized carbons (Fsp3) is 0.0943. The van der Waals surface area contributed by atoms with Crippen molar-refractivity contribution in [2.75, 3.05) is 13.2 Å². The summed E-state index contributed by atoms with van der Waals surface area (Å²) in [6, 6.07) is 57.1. The van der Waals surface area contributed by atoms with E-state index >= 15 is 0 Å². The Bertz CT molecular complexity index is 2900. The quantitative estimate of drug-likeness (QED) is 0.134. The maximum Gasteiger partial charge on any atom is 4.00 e. The van der Waals surface area contributed by atoms with Crippen LogP contribution in [0.2, 0.25) is 0 Å². The summed E-state index contributed by atoms with van der Waals surface area (Å²) in [7, 11) is 0. The molecule has 8 heteroatoms. The van der Waals surface area contributed by atoms with Crippen LogP contribution in [0.4, 0.5) is 0 Å². The van der Waals surface area contributed by atoms with Crippen LogP contribution in [0.25, 0.3) is 77.2 Å². The van der Waals surface area contributed by atoms with Gasteiger partial charge in [-0.1, -0.05) is 109 Å². The van der Waals surface area contributed by atoms with Crippen molar-refractivity contribution in [3.8, 4) is 56.6 Å². The molecule has 0 saturated heterocycles. The Morgan fingerprint density at radius 1 is 0.410 bits per heavy atom. The fourth-order valence-corrected chi connectivity index (χ4v) is 8.69. The summed E-state index contributed by atoms with van der Waals surface area (Å²) in [4.78, 5) is 0. The van der Waals surface area contributed by atoms with Crippen LogP contribution in [0.1, 0.15) is 17.5 Å². The van der Waals surface area contributed by atoms with Crippen LogP contribution in [-0.2, 0) is 26.2 Å². The van der Waals surface area contributed by atoms with Gasteiger partial charge in [-0.25, -0.2) is 0 Å². The molecule has 10 rings (SSSR count). The van der Waals surface area contributed by atoms with Crippen molar-refractivity contribution < 1.29 is 58.3 Å². The van der Waals surface area contributed by atoms with Gasteiger partial charge in [0.15, 0.2) is 0 Å². The minimum absolute atomic E-state index is 0. The molecule has 10 aromatic rings. The molecule has 61 heavy (non-hydrogen) atoms. The summed E-state index contributed by atoms with van der Waals surface area (Å²) in [6.07, 6.45) is 0.613. The minimum atomic E-state index is 0. The molecule has 0 saturated carbocycles. The maximum absolute atomic E-state index is 12.0. The number of fused-ring (bicyclic) bond motifs is 6. The minimum Gasteiger partial charge on any atom is -1.00 e. The number of halogens is 1. The van der Waals surface area contributed by atoms with Gasteiger partial charge in [0.25, 0.3) is 0 Å². The zero-order valence-electron chi connectivity index (χ0n) is 33.8. The summed E-state index contributed by atoms with van der Waals surface area (Å²) in [5.74, 6) is 1.76. The molecule has 6 nitrogen and oxygen atoms in total. The molecule has 2 heterocycles. The molecule has 0 amide bonds. The second-order valence-corrected chi connectivity index (χ2v) is 15.1. The molecule has 0 spiro atoms. The number of benzene rings is 8. The van der Waals surface area contributed by atoms with Crippen LogP contribution >= 0.6 is 0 Å². The Morgan fingerprint density at radius 2 is 0.721 bits per heavy atom. The Morgan fingerprint density at radius 3 is 1.08 bits per heavy atom. The molecule has 8 aromatic carbocycles. The van der Waals surface area contributed by atoms with Gasteiger partial charge in [-0.3, -0.25) is 0 Å². The van der Waals surface area contributed by atoms with Gasteiger partial charge in [-0.15, -0.1) is 0 Å². The van der Waals surface area contributed by atoms with E-state index < -0.39 is 0 Å². The Balaban J connectivity index is 0.00000257. The third-order valence-corrected chi connectivity index (χ3v) is 11.3. The third kappa shape index (κ3) is 7.37. The SMILES string of the molecule is Cc1cc(-c2ccccc2OCCCOc2ccccc2-c2cc(C)cc(-n3c4ccccc4c4ccccc43)c2O)c(O)c(-n2c3ccccc3c3ccccc32)c1.[Cl-].[Zr+4]. The average Bonchev–Trinajstić information content (AvgIpc) is 3.78. The first kappa shape index (κ1) is 41.5. The summed E-state index contributed by atoms with van der Waals surface area (Å²) < 4.78 is 17.2. The van der Waals surface area contributed by atoms with Crippen molar-refractivity contribution in [2.45, 2.75) is 20.3 Å². The molecule has 0 atom stereocenters. The van der Waals surface area contributed by atoms with Crippen molar-refractivity contribution in [1.29, 1.82) is 0 Å². The molecular formula is C53H42ClN2O4Zr+3. The largest absolute Gasteiger partial charge is 4.00 e. The average molecular weight is 898 g/mol. The number of aromatic nitrogens is 2. The van der Waals surface area contributed by atoms with Crippen molar-refractivity contribution >= 4 is 43.6 Å². The number of hydrogen-bond acceptors (Lipinski definition) is 4. The summed E-state index contributed by atoms with van der Waals surface area (Å²) in [5.41, 5.74) is 10.7. The number of aromatic hydroxyl groups is 2. The molecule has 2 aromatic heterocycles. The number of ether oxygens (including phenoxy) is 2. The zero-order valence-corrected chi connectivity index (χ0v) is 37.0. The topological polar surface area (TPSA) is 68.8 Å². The van der Waals surface area contributed by atoms with E-state index in [4.69, 9.17) is 9.47 Å². The van der Waals surface area contributed by atoms with E-state index in [1.807, 2.05) is 97.1 Å². The van der Waals surface area contributed by atoms with Gasteiger partial charge in [0.2, 0.25) is 0 Å². The molecule has 0 unspecified atom stereocenters. The van der Waals surface area contributed by atoms with Crippen molar-refractivity contribution in [2.24, 2.45) is 0 Å². The first-order valence-corrected chi connectivity index (χ1v) is 20.0. The fourth-order valence-electron chi connectivity index (χ4n) is 8.69. The van der Waals surface area contributed by atoms with Crippen LogP contribution in [0.5, 0.6) is 23.0 Å². The Labute approximate surface area is 379 Å². The molecule has 0 bridgehead atoms. The van der Waals surface area contributed by atoms with Gasteiger partial charge in [-0.05, 0) is 85.6 Å². The number of phenols is 2. The van der Waals surface area contributed by atoms with E-state index in [1.165, 1.54) is 0 Å². The molecule has 296 valence electrons. The number of phenolic OH excluding ortho intramolecular Hbond substituents is 2. The van der Waals surface area contributed by atoms with Crippen molar-refractivity contribution in [1.82, 2.24) is 9.13 Å². The maximum atomic E-state index is 12.0. The van der Waals surface area contributed by atoms with E-state index in [2.05, 4.69) is 95.8 Å². The second kappa shape index (κ2) is 17.4. The van der Waals surface area contributed by atoms with Crippen LogP contribution in [0, 0.1) is 13.8 Å². The first-order valence-electron chi connectivity index (χ1n) is 20.0. The molecule has 0 aliphatic heterocycles. The smallest absolute Gasteiger partial charge is 1.00 e. The van der Waals surface area contributed by atoms with Crippen LogP contribution in [0.3, 0.4) is 0 Å². The Kier molecular flexibility index (Phi) is 11.8.